The summed E-state index contributed by atoms with van der Waals surface area (Å²) in [6.45, 7) is 5.47. The lowest BCUT2D eigenvalue weighted by Crippen LogP contribution is -2.53. The zero-order valence-electron chi connectivity index (χ0n) is 22.2. The number of nitrogens with one attached hydrogen (secondary N) is 1. The molecule has 1 N–H and O–H groups in total. The third kappa shape index (κ3) is 7.95. The zero-order chi connectivity index (χ0) is 27.2. The highest BCUT2D eigenvalue weighted by Gasteiger charge is 2.32. The van der Waals surface area contributed by atoms with Crippen LogP contribution < -0.4 is 9.62 Å². The van der Waals surface area contributed by atoms with E-state index in [1.807, 2.05) is 39.0 Å². The summed E-state index contributed by atoms with van der Waals surface area (Å²) in [5.41, 5.74) is 3.18. The Morgan fingerprint density at radius 2 is 1.68 bits per heavy atom. The van der Waals surface area contributed by atoms with Gasteiger partial charge in [0.1, 0.15) is 12.6 Å². The van der Waals surface area contributed by atoms with Crippen molar-refractivity contribution in [1.29, 1.82) is 0 Å². The first-order chi connectivity index (χ1) is 17.5. The van der Waals surface area contributed by atoms with Gasteiger partial charge in [0.25, 0.3) is 0 Å². The second-order valence-corrected chi connectivity index (χ2v) is 12.3. The van der Waals surface area contributed by atoms with E-state index in [2.05, 4.69) is 5.32 Å². The second kappa shape index (κ2) is 12.8. The lowest BCUT2D eigenvalue weighted by Gasteiger charge is -2.34. The minimum atomic E-state index is -3.76. The largest absolute Gasteiger partial charge is 0.352 e. The molecule has 0 heterocycles. The average Bonchev–Trinajstić information content (AvgIpc) is 2.85. The van der Waals surface area contributed by atoms with Crippen LogP contribution in [0.1, 0.15) is 62.1 Å². The molecule has 0 bridgehead atoms. The molecule has 2 amide bonds. The molecule has 2 aromatic rings. The first-order valence-electron chi connectivity index (χ1n) is 12.9. The molecule has 0 saturated heterocycles. The molecule has 1 unspecified atom stereocenters. The smallest absolute Gasteiger partial charge is 0.244 e. The monoisotopic (exact) mass is 547 g/mol. The van der Waals surface area contributed by atoms with E-state index in [0.29, 0.717) is 17.1 Å². The summed E-state index contributed by atoms with van der Waals surface area (Å²) in [5.74, 6) is -0.641. The molecule has 7 nitrogen and oxygen atoms in total. The third-order valence-electron chi connectivity index (χ3n) is 7.06. The standard InChI is InChI=1S/C28H38ClN3O4S/c1-5-26(28(34)30-24-9-7-6-8-10-24)31(18-22-12-14-23(29)15-13-22)27(33)19-32(37(4,35)36)25-16-11-20(2)21(3)17-25/h11-17,24,26H,5-10,18-19H2,1-4H3,(H,30,34). The number of hydrogen-bond acceptors (Lipinski definition) is 4. The highest BCUT2D eigenvalue weighted by Crippen LogP contribution is 2.23. The van der Waals surface area contributed by atoms with Crippen molar-refractivity contribution in [3.63, 3.8) is 0 Å². The first kappa shape index (κ1) is 29.0. The van der Waals surface area contributed by atoms with Crippen molar-refractivity contribution in [1.82, 2.24) is 10.2 Å². The van der Waals surface area contributed by atoms with E-state index in [0.717, 1.165) is 52.9 Å². The Morgan fingerprint density at radius 1 is 1.03 bits per heavy atom. The summed E-state index contributed by atoms with van der Waals surface area (Å²) in [5, 5.41) is 3.71. The van der Waals surface area contributed by atoms with Gasteiger partial charge in [-0.05, 0) is 74.1 Å². The third-order valence-corrected chi connectivity index (χ3v) is 8.45. The number of aryl methyl sites for hydroxylation is 2. The number of benzene rings is 2. The van der Waals surface area contributed by atoms with Crippen LogP contribution >= 0.6 is 11.6 Å². The Bertz CT molecular complexity index is 1190. The number of anilines is 1. The lowest BCUT2D eigenvalue weighted by molar-refractivity contribution is -0.140. The maximum atomic E-state index is 13.8. The van der Waals surface area contributed by atoms with Crippen LogP contribution in [-0.2, 0) is 26.2 Å². The van der Waals surface area contributed by atoms with Gasteiger partial charge in [-0.2, -0.15) is 0 Å². The molecular weight excluding hydrogens is 510 g/mol. The van der Waals surface area contributed by atoms with Crippen LogP contribution in [0.4, 0.5) is 5.69 Å². The van der Waals surface area contributed by atoms with Gasteiger partial charge in [0.15, 0.2) is 0 Å². The number of rotatable bonds is 10. The van der Waals surface area contributed by atoms with Crippen LogP contribution in [0.2, 0.25) is 5.02 Å². The van der Waals surface area contributed by atoms with E-state index < -0.39 is 28.5 Å². The number of nitrogens with zero attached hydrogens (tertiary/aromatic N) is 2. The summed E-state index contributed by atoms with van der Waals surface area (Å²) in [4.78, 5) is 28.7. The fourth-order valence-electron chi connectivity index (χ4n) is 4.74. The maximum absolute atomic E-state index is 13.8. The minimum Gasteiger partial charge on any atom is -0.352 e. The summed E-state index contributed by atoms with van der Waals surface area (Å²) < 4.78 is 26.7. The summed E-state index contributed by atoms with van der Waals surface area (Å²) in [6, 6.07) is 11.8. The van der Waals surface area contributed by atoms with Crippen molar-refractivity contribution in [3.8, 4) is 0 Å². The summed E-state index contributed by atoms with van der Waals surface area (Å²) in [6.07, 6.45) is 6.68. The van der Waals surface area contributed by atoms with Crippen LogP contribution in [0, 0.1) is 13.8 Å². The molecule has 0 aliphatic heterocycles. The van der Waals surface area contributed by atoms with E-state index in [4.69, 9.17) is 11.6 Å². The van der Waals surface area contributed by atoms with Gasteiger partial charge in [-0.3, -0.25) is 13.9 Å². The molecule has 2 aromatic carbocycles. The molecule has 0 aromatic heterocycles. The lowest BCUT2D eigenvalue weighted by atomic mass is 9.95. The van der Waals surface area contributed by atoms with E-state index >= 15 is 0 Å². The zero-order valence-corrected chi connectivity index (χ0v) is 23.7. The van der Waals surface area contributed by atoms with Crippen molar-refractivity contribution in [2.45, 2.75) is 77.9 Å². The SMILES string of the molecule is CCC(C(=O)NC1CCCCC1)N(Cc1ccc(Cl)cc1)C(=O)CN(c1ccc(C)c(C)c1)S(C)(=O)=O. The summed E-state index contributed by atoms with van der Waals surface area (Å²) in [7, 11) is -3.76. The molecule has 0 radical (unpaired) electrons. The Labute approximate surface area is 226 Å². The Balaban J connectivity index is 1.92. The van der Waals surface area contributed by atoms with Gasteiger partial charge in [0.05, 0.1) is 11.9 Å². The van der Waals surface area contributed by atoms with Gasteiger partial charge in [-0.1, -0.05) is 56.0 Å². The molecular formula is C28H38ClN3O4S. The van der Waals surface area contributed by atoms with Crippen LogP contribution in [0.15, 0.2) is 42.5 Å². The number of amides is 2. The van der Waals surface area contributed by atoms with Crippen LogP contribution in [0.25, 0.3) is 0 Å². The van der Waals surface area contributed by atoms with Crippen molar-refractivity contribution in [3.05, 3.63) is 64.2 Å². The molecule has 1 saturated carbocycles. The van der Waals surface area contributed by atoms with E-state index in [9.17, 15) is 18.0 Å². The van der Waals surface area contributed by atoms with Crippen molar-refractivity contribution >= 4 is 39.1 Å². The van der Waals surface area contributed by atoms with Gasteiger partial charge in [0.2, 0.25) is 21.8 Å². The average molecular weight is 548 g/mol. The second-order valence-electron chi connectivity index (χ2n) is 9.95. The number of halogens is 1. The fraction of sp³-hybridized carbons (Fsp3) is 0.500. The molecule has 3 rings (SSSR count). The van der Waals surface area contributed by atoms with Gasteiger partial charge in [-0.15, -0.1) is 0 Å². The Hall–Kier alpha value is -2.58. The quantitative estimate of drug-likeness (QED) is 0.454. The number of sulfonamides is 1. The first-order valence-corrected chi connectivity index (χ1v) is 15.1. The van der Waals surface area contributed by atoms with E-state index in [-0.39, 0.29) is 18.5 Å². The molecule has 1 aliphatic carbocycles. The fourth-order valence-corrected chi connectivity index (χ4v) is 5.71. The Morgan fingerprint density at radius 3 is 2.24 bits per heavy atom. The predicted molar refractivity (Wildman–Crippen MR) is 149 cm³/mol. The number of carbonyl (C=O) groups excluding carboxylic acids is 2. The Kier molecular flexibility index (Phi) is 10.0. The molecule has 202 valence electrons. The minimum absolute atomic E-state index is 0.103. The predicted octanol–water partition coefficient (Wildman–Crippen LogP) is 4.98. The molecule has 1 aliphatic rings. The molecule has 1 atom stereocenters. The highest BCUT2D eigenvalue weighted by molar-refractivity contribution is 7.92. The van der Waals surface area contributed by atoms with Crippen LogP contribution in [0.3, 0.4) is 0 Å². The van der Waals surface area contributed by atoms with Gasteiger partial charge in [-0.25, -0.2) is 8.42 Å². The molecule has 9 heteroatoms. The topological polar surface area (TPSA) is 86.8 Å². The van der Waals surface area contributed by atoms with Gasteiger partial charge >= 0.3 is 0 Å². The van der Waals surface area contributed by atoms with Gasteiger partial charge in [0, 0.05) is 17.6 Å². The van der Waals surface area contributed by atoms with Crippen molar-refractivity contribution in [2.24, 2.45) is 0 Å². The molecule has 37 heavy (non-hydrogen) atoms. The maximum Gasteiger partial charge on any atom is 0.244 e. The number of hydrogen-bond donors (Lipinski definition) is 1. The highest BCUT2D eigenvalue weighted by atomic mass is 35.5. The molecule has 0 spiro atoms. The van der Waals surface area contributed by atoms with Crippen LogP contribution in [0.5, 0.6) is 0 Å². The van der Waals surface area contributed by atoms with E-state index in [1.165, 1.54) is 11.3 Å². The van der Waals surface area contributed by atoms with Crippen molar-refractivity contribution in [2.75, 3.05) is 17.1 Å². The van der Waals surface area contributed by atoms with Gasteiger partial charge < -0.3 is 10.2 Å². The molecule has 1 fully saturated rings. The normalized spacial score (nSPS) is 15.2. The van der Waals surface area contributed by atoms with Crippen molar-refractivity contribution < 1.29 is 18.0 Å². The number of carbonyl (C=O) groups is 2. The van der Waals surface area contributed by atoms with E-state index in [1.54, 1.807) is 24.3 Å². The van der Waals surface area contributed by atoms with Crippen LogP contribution in [-0.4, -0.2) is 50.0 Å². The summed E-state index contributed by atoms with van der Waals surface area (Å²) >= 11 is 6.05.